The van der Waals surface area contributed by atoms with E-state index in [0.717, 1.165) is 19.4 Å². The average molecular weight is 519 g/mol. The van der Waals surface area contributed by atoms with Gasteiger partial charge >= 0.3 is 0 Å². The Hall–Kier alpha value is -0.840. The molecule has 0 amide bonds. The molecule has 2 aromatic heterocycles. The molecule has 1 N–H and O–H groups in total. The molecule has 6 nitrogen and oxygen atoms in total. The first-order valence-corrected chi connectivity index (χ1v) is 8.12. The number of pyridine rings is 1. The minimum Gasteiger partial charge on any atom is -0.463 e. The lowest BCUT2D eigenvalue weighted by Gasteiger charge is -2.30. The van der Waals surface area contributed by atoms with Gasteiger partial charge in [0, 0.05) is 19.2 Å². The van der Waals surface area contributed by atoms with E-state index in [2.05, 4.69) is 19.9 Å². The van der Waals surface area contributed by atoms with Crippen LogP contribution in [0.3, 0.4) is 0 Å². The Morgan fingerprint density at radius 1 is 1.46 bits per heavy atom. The number of aromatic nitrogens is 3. The number of hydrogen-bond acceptors (Lipinski definition) is 5. The summed E-state index contributed by atoms with van der Waals surface area (Å²) in [7, 11) is 0. The van der Waals surface area contributed by atoms with Gasteiger partial charge in [0.1, 0.15) is 18.3 Å². The summed E-state index contributed by atoms with van der Waals surface area (Å²) in [6.45, 7) is 1.44. The van der Waals surface area contributed by atoms with Crippen molar-refractivity contribution in [3.05, 3.63) is 27.5 Å². The van der Waals surface area contributed by atoms with Crippen LogP contribution in [-0.4, -0.2) is 51.3 Å². The Kier molecular flexibility index (Phi) is 6.63. The van der Waals surface area contributed by atoms with E-state index in [-0.39, 0.29) is 68.2 Å². The number of nitrogens with one attached hydrogen (secondary N) is 1. The van der Waals surface area contributed by atoms with Crippen molar-refractivity contribution in [1.82, 2.24) is 19.9 Å². The fraction of sp³-hybridized carbons (Fsp3) is 0.533. The van der Waals surface area contributed by atoms with Crippen LogP contribution in [0.1, 0.15) is 19.3 Å². The van der Waals surface area contributed by atoms with Crippen LogP contribution >= 0.6 is 45.6 Å². The maximum absolute atomic E-state index is 14.0. The van der Waals surface area contributed by atoms with Crippen molar-refractivity contribution in [3.63, 3.8) is 0 Å². The molecular formula is C15H17Br2ClF2N4O2. The molecule has 2 saturated heterocycles. The topological polar surface area (TPSA) is 71.1 Å². The first kappa shape index (κ1) is 21.5. The van der Waals surface area contributed by atoms with Crippen LogP contribution in [0, 0.1) is 5.82 Å². The summed E-state index contributed by atoms with van der Waals surface area (Å²) >= 11 is 5.63. The SMILES string of the molecule is Br.Br.O=c1[nH]c(OC[C@@]23CCCN2C[C@H](F)C3)nc2c(F)c(Cl)ncc12. The van der Waals surface area contributed by atoms with E-state index in [9.17, 15) is 13.6 Å². The van der Waals surface area contributed by atoms with Gasteiger partial charge in [-0.05, 0) is 19.4 Å². The lowest BCUT2D eigenvalue weighted by atomic mass is 9.95. The molecule has 0 saturated carbocycles. The Bertz CT molecular complexity index is 871. The summed E-state index contributed by atoms with van der Waals surface area (Å²) in [6, 6.07) is -0.0998. The summed E-state index contributed by atoms with van der Waals surface area (Å²) in [5.41, 5.74) is -1.13. The highest BCUT2D eigenvalue weighted by molar-refractivity contribution is 8.93. The number of halogens is 5. The summed E-state index contributed by atoms with van der Waals surface area (Å²) in [5.74, 6) is -0.865. The standard InChI is InChI=1S/C15H15ClF2N4O2.2BrH/c16-12-10(18)11-9(5-19-12)13(23)21-14(20-11)24-7-15-2-1-3-22(15)6-8(17)4-15;;/h5,8H,1-4,6-7H2,(H,20,21,23);2*1H/t8-,15+;;/m1../s1. The smallest absolute Gasteiger partial charge is 0.297 e. The fourth-order valence-electron chi connectivity index (χ4n) is 3.74. The number of rotatable bonds is 3. The van der Waals surface area contributed by atoms with Gasteiger partial charge in [0.2, 0.25) is 0 Å². The largest absolute Gasteiger partial charge is 0.463 e. The third-order valence-corrected chi connectivity index (χ3v) is 5.13. The van der Waals surface area contributed by atoms with Crippen molar-refractivity contribution < 1.29 is 13.5 Å². The van der Waals surface area contributed by atoms with Crippen molar-refractivity contribution >= 4 is 56.5 Å². The molecule has 0 aromatic carbocycles. The van der Waals surface area contributed by atoms with Crippen molar-refractivity contribution in [2.75, 3.05) is 19.7 Å². The number of ether oxygens (including phenoxy) is 1. The third-order valence-electron chi connectivity index (χ3n) is 4.87. The predicted molar refractivity (Wildman–Crippen MR) is 104 cm³/mol. The molecule has 0 radical (unpaired) electrons. The molecule has 11 heteroatoms. The van der Waals surface area contributed by atoms with E-state index >= 15 is 0 Å². The second-order valence-corrected chi connectivity index (χ2v) is 6.72. The second-order valence-electron chi connectivity index (χ2n) is 6.36. The van der Waals surface area contributed by atoms with Crippen LogP contribution in [-0.2, 0) is 0 Å². The summed E-state index contributed by atoms with van der Waals surface area (Å²) in [6.07, 6.45) is 2.50. The molecule has 0 unspecified atom stereocenters. The second kappa shape index (κ2) is 8.04. The molecule has 2 aromatic rings. The molecule has 2 fully saturated rings. The molecule has 26 heavy (non-hydrogen) atoms. The minimum atomic E-state index is -0.875. The summed E-state index contributed by atoms with van der Waals surface area (Å²) in [5, 5.41) is -0.363. The molecule has 4 rings (SSSR count). The van der Waals surface area contributed by atoms with Gasteiger partial charge in [0.05, 0.1) is 10.9 Å². The van der Waals surface area contributed by atoms with E-state index in [4.69, 9.17) is 16.3 Å². The lowest BCUT2D eigenvalue weighted by Crippen LogP contribution is -2.43. The normalized spacial score (nSPS) is 24.8. The number of nitrogens with zero attached hydrogens (tertiary/aromatic N) is 3. The van der Waals surface area contributed by atoms with Crippen LogP contribution in [0.25, 0.3) is 10.9 Å². The lowest BCUT2D eigenvalue weighted by molar-refractivity contribution is 0.107. The van der Waals surface area contributed by atoms with Crippen molar-refractivity contribution in [2.24, 2.45) is 0 Å². The fourth-order valence-corrected chi connectivity index (χ4v) is 3.88. The monoisotopic (exact) mass is 516 g/mol. The molecule has 0 spiro atoms. The molecule has 144 valence electrons. The molecule has 0 bridgehead atoms. The number of alkyl halides is 1. The molecule has 2 aliphatic rings. The highest BCUT2D eigenvalue weighted by Gasteiger charge is 2.49. The van der Waals surface area contributed by atoms with Crippen LogP contribution in [0.15, 0.2) is 11.0 Å². The Labute approximate surface area is 173 Å². The van der Waals surface area contributed by atoms with Crippen molar-refractivity contribution in [3.8, 4) is 6.01 Å². The molecule has 4 heterocycles. The number of hydrogen-bond donors (Lipinski definition) is 1. The zero-order valence-corrected chi connectivity index (χ0v) is 17.7. The van der Waals surface area contributed by atoms with Gasteiger partial charge in [0.25, 0.3) is 11.6 Å². The summed E-state index contributed by atoms with van der Waals surface area (Å²) in [4.78, 5) is 24.2. The van der Waals surface area contributed by atoms with E-state index in [1.807, 2.05) is 0 Å². The zero-order chi connectivity index (χ0) is 16.9. The minimum absolute atomic E-state index is 0. The van der Waals surface area contributed by atoms with Crippen LogP contribution in [0.2, 0.25) is 5.15 Å². The Morgan fingerprint density at radius 2 is 2.23 bits per heavy atom. The van der Waals surface area contributed by atoms with E-state index in [0.29, 0.717) is 13.0 Å². The number of fused-ring (bicyclic) bond motifs is 2. The summed E-state index contributed by atoms with van der Waals surface area (Å²) < 4.78 is 33.4. The highest BCUT2D eigenvalue weighted by Crippen LogP contribution is 2.40. The van der Waals surface area contributed by atoms with E-state index in [1.54, 1.807) is 0 Å². The molecule has 2 aliphatic heterocycles. The zero-order valence-electron chi connectivity index (χ0n) is 13.5. The van der Waals surface area contributed by atoms with Gasteiger partial charge < -0.3 is 4.74 Å². The van der Waals surface area contributed by atoms with Crippen LogP contribution < -0.4 is 10.3 Å². The third kappa shape index (κ3) is 3.61. The van der Waals surface area contributed by atoms with Gasteiger partial charge in [-0.3, -0.25) is 14.7 Å². The first-order chi connectivity index (χ1) is 11.5. The van der Waals surface area contributed by atoms with Gasteiger partial charge in [-0.15, -0.1) is 34.0 Å². The Morgan fingerprint density at radius 3 is 3.00 bits per heavy atom. The van der Waals surface area contributed by atoms with Crippen molar-refractivity contribution in [1.29, 1.82) is 0 Å². The molecule has 2 atom stereocenters. The van der Waals surface area contributed by atoms with Crippen LogP contribution in [0.5, 0.6) is 6.01 Å². The van der Waals surface area contributed by atoms with E-state index < -0.39 is 17.5 Å². The average Bonchev–Trinajstić information content (AvgIpc) is 3.05. The molecule has 0 aliphatic carbocycles. The number of aromatic amines is 1. The quantitative estimate of drug-likeness (QED) is 0.632. The maximum atomic E-state index is 14.0. The van der Waals surface area contributed by atoms with Gasteiger partial charge in [-0.2, -0.15) is 4.98 Å². The van der Waals surface area contributed by atoms with Crippen molar-refractivity contribution in [2.45, 2.75) is 31.0 Å². The van der Waals surface area contributed by atoms with Crippen LogP contribution in [0.4, 0.5) is 8.78 Å². The van der Waals surface area contributed by atoms with E-state index in [1.165, 1.54) is 6.20 Å². The number of H-pyrrole nitrogens is 1. The first-order valence-electron chi connectivity index (χ1n) is 7.74. The maximum Gasteiger partial charge on any atom is 0.297 e. The Balaban J connectivity index is 0.00000121. The highest BCUT2D eigenvalue weighted by atomic mass is 79.9. The molecular weight excluding hydrogens is 501 g/mol. The van der Waals surface area contributed by atoms with Gasteiger partial charge in [-0.25, -0.2) is 13.8 Å². The predicted octanol–water partition coefficient (Wildman–Crippen LogP) is 3.22. The van der Waals surface area contributed by atoms with Gasteiger partial charge in [-0.1, -0.05) is 11.6 Å². The van der Waals surface area contributed by atoms with Gasteiger partial charge in [0.15, 0.2) is 11.0 Å².